The van der Waals surface area contributed by atoms with Crippen LogP contribution in [0.4, 0.5) is 0 Å². The quantitative estimate of drug-likeness (QED) is 0.936. The van der Waals surface area contributed by atoms with E-state index in [1.54, 1.807) is 0 Å². The van der Waals surface area contributed by atoms with Crippen molar-refractivity contribution in [2.75, 3.05) is 13.2 Å². The van der Waals surface area contributed by atoms with Crippen molar-refractivity contribution in [1.82, 2.24) is 10.3 Å². The molecule has 104 valence electrons. The van der Waals surface area contributed by atoms with Crippen LogP contribution in [0.2, 0.25) is 0 Å². The van der Waals surface area contributed by atoms with E-state index in [-0.39, 0.29) is 12.4 Å². The lowest BCUT2D eigenvalue weighted by Crippen LogP contribution is -2.35. The molecule has 2 aromatic rings. The van der Waals surface area contributed by atoms with Crippen LogP contribution < -0.4 is 10.1 Å². The number of nitrogens with one attached hydrogen (secondary N) is 1. The molecule has 1 aromatic heterocycles. The summed E-state index contributed by atoms with van der Waals surface area (Å²) in [5, 5.41) is 3.50. The molecular weight excluding hydrogens is 264 g/mol. The van der Waals surface area contributed by atoms with Crippen LogP contribution >= 0.6 is 12.4 Å². The zero-order valence-electron chi connectivity index (χ0n) is 10.8. The maximum atomic E-state index is 5.58. The Bertz CT molecular complexity index is 476. The molecule has 5 heteroatoms. The van der Waals surface area contributed by atoms with Gasteiger partial charge in [-0.25, -0.2) is 0 Å². The molecule has 4 nitrogen and oxygen atoms in total. The number of nitrogens with zero attached hydrogens (tertiary/aromatic N) is 1. The number of aromatic nitrogens is 1. The summed E-state index contributed by atoms with van der Waals surface area (Å²) in [7, 11) is 0. The van der Waals surface area contributed by atoms with E-state index in [4.69, 9.17) is 9.15 Å². The van der Waals surface area contributed by atoms with Crippen molar-refractivity contribution in [1.29, 1.82) is 0 Å². The summed E-state index contributed by atoms with van der Waals surface area (Å²) in [5.41, 5.74) is 1.63. The summed E-state index contributed by atoms with van der Waals surface area (Å²) >= 11 is 0. The topological polar surface area (TPSA) is 47.3 Å². The minimum atomic E-state index is 0. The van der Waals surface area contributed by atoms with Crippen molar-refractivity contribution in [2.24, 2.45) is 0 Å². The minimum absolute atomic E-state index is 0. The molecule has 1 aromatic carbocycles. The lowest BCUT2D eigenvalue weighted by molar-refractivity contribution is 0.213. The molecule has 0 aliphatic carbocycles. The van der Waals surface area contributed by atoms with Gasteiger partial charge in [0.25, 0.3) is 0 Å². The van der Waals surface area contributed by atoms with Gasteiger partial charge in [-0.3, -0.25) is 0 Å². The number of oxazole rings is 1. The molecule has 1 fully saturated rings. The van der Waals surface area contributed by atoms with Crippen molar-refractivity contribution in [3.05, 3.63) is 24.3 Å². The molecule has 19 heavy (non-hydrogen) atoms. The van der Waals surface area contributed by atoms with Crippen molar-refractivity contribution in [3.63, 3.8) is 0 Å². The van der Waals surface area contributed by atoms with E-state index in [0.29, 0.717) is 18.7 Å². The fraction of sp³-hybridized carbons (Fsp3) is 0.500. The zero-order chi connectivity index (χ0) is 12.2. The Kier molecular flexibility index (Phi) is 5.05. The molecule has 1 aliphatic rings. The van der Waals surface area contributed by atoms with Gasteiger partial charge >= 0.3 is 6.08 Å². The van der Waals surface area contributed by atoms with Gasteiger partial charge < -0.3 is 14.5 Å². The highest BCUT2D eigenvalue weighted by atomic mass is 35.5. The number of piperidine rings is 1. The van der Waals surface area contributed by atoms with E-state index >= 15 is 0 Å². The summed E-state index contributed by atoms with van der Waals surface area (Å²) in [6, 6.07) is 8.29. The Labute approximate surface area is 118 Å². The van der Waals surface area contributed by atoms with Crippen LogP contribution in [0.25, 0.3) is 11.1 Å². The number of ether oxygens (including phenoxy) is 1. The summed E-state index contributed by atoms with van der Waals surface area (Å²) in [5.74, 6) is 0. The maximum Gasteiger partial charge on any atom is 0.394 e. The summed E-state index contributed by atoms with van der Waals surface area (Å²) in [4.78, 5) is 4.29. The van der Waals surface area contributed by atoms with Crippen LogP contribution in [-0.2, 0) is 0 Å². The lowest BCUT2D eigenvalue weighted by atomic mass is 10.0. The average Bonchev–Trinajstić information content (AvgIpc) is 2.82. The lowest BCUT2D eigenvalue weighted by Gasteiger charge is -2.22. The van der Waals surface area contributed by atoms with Gasteiger partial charge in [0.15, 0.2) is 5.58 Å². The second-order valence-corrected chi connectivity index (χ2v) is 4.73. The summed E-state index contributed by atoms with van der Waals surface area (Å²) in [6.45, 7) is 1.79. The Hall–Kier alpha value is -1.26. The highest BCUT2D eigenvalue weighted by molar-refractivity contribution is 5.85. The van der Waals surface area contributed by atoms with E-state index in [1.807, 2.05) is 24.3 Å². The van der Waals surface area contributed by atoms with Crippen LogP contribution in [0.15, 0.2) is 28.7 Å². The third kappa shape index (κ3) is 3.61. The second-order valence-electron chi connectivity index (χ2n) is 4.73. The van der Waals surface area contributed by atoms with Gasteiger partial charge in [0.05, 0.1) is 6.61 Å². The number of rotatable bonds is 4. The van der Waals surface area contributed by atoms with Crippen molar-refractivity contribution in [2.45, 2.75) is 31.7 Å². The molecule has 0 radical (unpaired) electrons. The Morgan fingerprint density at radius 1 is 1.32 bits per heavy atom. The van der Waals surface area contributed by atoms with Crippen LogP contribution in [0.5, 0.6) is 6.08 Å². The predicted octanol–water partition coefficient (Wildman–Crippen LogP) is 3.16. The molecule has 1 N–H and O–H groups in total. The molecule has 2 heterocycles. The fourth-order valence-corrected chi connectivity index (χ4v) is 2.37. The normalized spacial score (nSPS) is 19.1. The van der Waals surface area contributed by atoms with Gasteiger partial charge in [0, 0.05) is 6.04 Å². The molecule has 1 saturated heterocycles. The largest absolute Gasteiger partial charge is 0.450 e. The number of hydrogen-bond acceptors (Lipinski definition) is 4. The second kappa shape index (κ2) is 6.78. The molecule has 1 atom stereocenters. The average molecular weight is 283 g/mol. The van der Waals surface area contributed by atoms with Gasteiger partial charge in [-0.05, 0) is 37.9 Å². The van der Waals surface area contributed by atoms with Crippen LogP contribution in [0.3, 0.4) is 0 Å². The van der Waals surface area contributed by atoms with E-state index in [0.717, 1.165) is 24.1 Å². The Balaban J connectivity index is 0.00000133. The highest BCUT2D eigenvalue weighted by Crippen LogP contribution is 2.20. The van der Waals surface area contributed by atoms with Gasteiger partial charge in [0.2, 0.25) is 0 Å². The van der Waals surface area contributed by atoms with Crippen molar-refractivity contribution < 1.29 is 9.15 Å². The minimum Gasteiger partial charge on any atom is -0.450 e. The first kappa shape index (κ1) is 14.2. The smallest absolute Gasteiger partial charge is 0.394 e. The highest BCUT2D eigenvalue weighted by Gasteiger charge is 2.13. The maximum absolute atomic E-state index is 5.58. The molecule has 0 bridgehead atoms. The molecule has 1 unspecified atom stereocenters. The molecule has 0 spiro atoms. The Morgan fingerprint density at radius 3 is 3.00 bits per heavy atom. The van der Waals surface area contributed by atoms with E-state index in [1.165, 1.54) is 19.3 Å². The number of benzene rings is 1. The van der Waals surface area contributed by atoms with Crippen molar-refractivity contribution in [3.8, 4) is 6.08 Å². The summed E-state index contributed by atoms with van der Waals surface area (Å²) < 4.78 is 11.1. The third-order valence-corrected chi connectivity index (χ3v) is 3.38. The van der Waals surface area contributed by atoms with Gasteiger partial charge in [-0.15, -0.1) is 12.4 Å². The van der Waals surface area contributed by atoms with Gasteiger partial charge in [-0.1, -0.05) is 18.6 Å². The van der Waals surface area contributed by atoms with Crippen LogP contribution in [0, 0.1) is 0 Å². The number of halogens is 1. The van der Waals surface area contributed by atoms with E-state index in [2.05, 4.69) is 10.3 Å². The van der Waals surface area contributed by atoms with Gasteiger partial charge in [0.1, 0.15) is 5.52 Å². The van der Waals surface area contributed by atoms with E-state index in [9.17, 15) is 0 Å². The summed E-state index contributed by atoms with van der Waals surface area (Å²) in [6.07, 6.45) is 5.26. The number of hydrogen-bond donors (Lipinski definition) is 1. The molecular formula is C14H19ClN2O2. The molecule has 0 amide bonds. The standard InChI is InChI=1S/C14H18N2O2.ClH/c1-2-7-13-12(6-1)16-14(18-13)17-10-8-11-5-3-4-9-15-11;/h1-2,6-7,11,15H,3-5,8-10H2;1H. The molecule has 1 aliphatic heterocycles. The first-order valence-electron chi connectivity index (χ1n) is 6.63. The van der Waals surface area contributed by atoms with Crippen LogP contribution in [-0.4, -0.2) is 24.2 Å². The van der Waals surface area contributed by atoms with Gasteiger partial charge in [-0.2, -0.15) is 4.98 Å². The SMILES string of the molecule is Cl.c1ccc2oc(OCCC3CCCCN3)nc2c1. The third-order valence-electron chi connectivity index (χ3n) is 3.38. The van der Waals surface area contributed by atoms with Crippen LogP contribution in [0.1, 0.15) is 25.7 Å². The first-order valence-corrected chi connectivity index (χ1v) is 6.63. The first-order chi connectivity index (χ1) is 8.92. The molecule has 3 rings (SSSR count). The number of para-hydroxylation sites is 2. The fourth-order valence-electron chi connectivity index (χ4n) is 2.37. The predicted molar refractivity (Wildman–Crippen MR) is 77.0 cm³/mol. The monoisotopic (exact) mass is 282 g/mol. The zero-order valence-corrected chi connectivity index (χ0v) is 11.6. The Morgan fingerprint density at radius 2 is 2.21 bits per heavy atom. The van der Waals surface area contributed by atoms with Crippen molar-refractivity contribution >= 4 is 23.5 Å². The molecule has 0 saturated carbocycles. The van der Waals surface area contributed by atoms with E-state index < -0.39 is 0 Å². The number of fused-ring (bicyclic) bond motifs is 1.